The summed E-state index contributed by atoms with van der Waals surface area (Å²) in [6.45, 7) is 13.7. The maximum atomic E-state index is 11.1. The van der Waals surface area contributed by atoms with Crippen LogP contribution in [0.5, 0.6) is 0 Å². The Morgan fingerprint density at radius 3 is 1.50 bits per heavy atom. The molecule has 0 aliphatic carbocycles. The number of alkyl halides is 1. The Labute approximate surface area is 182 Å². The van der Waals surface area contributed by atoms with E-state index in [1.54, 1.807) is 20.8 Å². The summed E-state index contributed by atoms with van der Waals surface area (Å²) in [5.41, 5.74) is -0.914. The van der Waals surface area contributed by atoms with E-state index in [0.29, 0.717) is 26.3 Å². The van der Waals surface area contributed by atoms with E-state index in [1.165, 1.54) is 0 Å². The minimum Gasteiger partial charge on any atom is -0.444 e. The van der Waals surface area contributed by atoms with Gasteiger partial charge in [-0.05, 0) is 41.5 Å². The first kappa shape index (κ1) is 29.4. The molecule has 2 amide bonds. The predicted octanol–water partition coefficient (Wildman–Crippen LogP) is 2.48. The number of amides is 2. The number of nitrogens with one attached hydrogen (secondary N) is 2. The third kappa shape index (κ3) is 27.4. The number of ether oxygens (including phenoxy) is 4. The van der Waals surface area contributed by atoms with Gasteiger partial charge in [-0.25, -0.2) is 9.59 Å². The Bertz CT molecular complexity index is 372. The summed E-state index contributed by atoms with van der Waals surface area (Å²) in [6, 6.07) is 0. The molecule has 0 aromatic rings. The fourth-order valence-electron chi connectivity index (χ4n) is 1.40. The Morgan fingerprint density at radius 2 is 1.18 bits per heavy atom. The SMILES string of the molecule is CC(C)(C)OC(=O)NCCOCCI.CC(C)(C)OC(=O)NCCOCCO. The number of alkyl carbamates (subject to hydrolysis) is 2. The van der Waals surface area contributed by atoms with Gasteiger partial charge < -0.3 is 34.7 Å². The minimum absolute atomic E-state index is 0.00750. The molecule has 0 atom stereocenters. The smallest absolute Gasteiger partial charge is 0.407 e. The van der Waals surface area contributed by atoms with E-state index in [0.717, 1.165) is 11.0 Å². The van der Waals surface area contributed by atoms with Gasteiger partial charge in [-0.15, -0.1) is 0 Å². The molecule has 0 saturated carbocycles. The Kier molecular flexibility index (Phi) is 17.9. The Balaban J connectivity index is 0. The Hall–Kier alpha value is -0.850. The molecule has 0 heterocycles. The molecule has 3 N–H and O–H groups in total. The van der Waals surface area contributed by atoms with Gasteiger partial charge in [-0.1, -0.05) is 22.6 Å². The average molecular weight is 520 g/mol. The van der Waals surface area contributed by atoms with Crippen molar-refractivity contribution in [2.75, 3.05) is 50.6 Å². The number of aliphatic hydroxyl groups excluding tert-OH is 1. The van der Waals surface area contributed by atoms with Crippen LogP contribution in [0, 0.1) is 0 Å². The van der Waals surface area contributed by atoms with E-state index in [2.05, 4.69) is 33.2 Å². The molecule has 0 radical (unpaired) electrons. The van der Waals surface area contributed by atoms with Crippen LogP contribution in [0.3, 0.4) is 0 Å². The maximum absolute atomic E-state index is 11.1. The number of rotatable bonds is 10. The first-order valence-corrected chi connectivity index (χ1v) is 10.7. The van der Waals surface area contributed by atoms with Gasteiger partial charge in [-0.2, -0.15) is 0 Å². The van der Waals surface area contributed by atoms with Crippen LogP contribution >= 0.6 is 22.6 Å². The topological polar surface area (TPSA) is 115 Å². The van der Waals surface area contributed by atoms with Gasteiger partial charge in [0.2, 0.25) is 0 Å². The molecule has 0 fully saturated rings. The van der Waals surface area contributed by atoms with Gasteiger partial charge in [-0.3, -0.25) is 0 Å². The highest BCUT2D eigenvalue weighted by atomic mass is 127. The highest BCUT2D eigenvalue weighted by Crippen LogP contribution is 2.06. The first-order chi connectivity index (χ1) is 12.9. The van der Waals surface area contributed by atoms with Crippen molar-refractivity contribution in [2.45, 2.75) is 52.7 Å². The molecular formula is C18H37IN2O7. The molecular weight excluding hydrogens is 483 g/mol. The summed E-state index contributed by atoms with van der Waals surface area (Å²) in [6.07, 6.45) is -0.847. The van der Waals surface area contributed by atoms with E-state index in [4.69, 9.17) is 24.1 Å². The number of hydrogen-bond donors (Lipinski definition) is 3. The normalized spacial score (nSPS) is 11.1. The van der Waals surface area contributed by atoms with Crippen LogP contribution in [-0.2, 0) is 18.9 Å². The molecule has 0 saturated heterocycles. The average Bonchev–Trinajstić information content (AvgIpc) is 2.52. The number of carbonyl (C=O) groups excluding carboxylic acids is 2. The second kappa shape index (κ2) is 17.0. The molecule has 0 aliphatic heterocycles. The van der Waals surface area contributed by atoms with Crippen molar-refractivity contribution >= 4 is 34.8 Å². The second-order valence-electron chi connectivity index (χ2n) is 7.49. The van der Waals surface area contributed by atoms with Crippen molar-refractivity contribution in [2.24, 2.45) is 0 Å². The monoisotopic (exact) mass is 520 g/mol. The lowest BCUT2D eigenvalue weighted by Crippen LogP contribution is -2.34. The van der Waals surface area contributed by atoms with Crippen LogP contribution in [0.1, 0.15) is 41.5 Å². The third-order valence-corrected chi connectivity index (χ3v) is 2.73. The van der Waals surface area contributed by atoms with Gasteiger partial charge in [0.25, 0.3) is 0 Å². The maximum Gasteiger partial charge on any atom is 0.407 e. The lowest BCUT2D eigenvalue weighted by molar-refractivity contribution is 0.0480. The molecule has 0 unspecified atom stereocenters. The highest BCUT2D eigenvalue weighted by molar-refractivity contribution is 14.1. The van der Waals surface area contributed by atoms with Crippen LogP contribution in [0.25, 0.3) is 0 Å². The zero-order chi connectivity index (χ0) is 22.1. The third-order valence-electron chi connectivity index (χ3n) is 2.29. The van der Waals surface area contributed by atoms with E-state index in [9.17, 15) is 9.59 Å². The molecule has 0 bridgehead atoms. The largest absolute Gasteiger partial charge is 0.444 e. The second-order valence-corrected chi connectivity index (χ2v) is 8.57. The summed E-state index contributed by atoms with van der Waals surface area (Å²) in [7, 11) is 0. The molecule has 28 heavy (non-hydrogen) atoms. The lowest BCUT2D eigenvalue weighted by Gasteiger charge is -2.19. The Morgan fingerprint density at radius 1 is 0.786 bits per heavy atom. The van der Waals surface area contributed by atoms with Gasteiger partial charge >= 0.3 is 12.2 Å². The predicted molar refractivity (Wildman–Crippen MR) is 116 cm³/mol. The van der Waals surface area contributed by atoms with Gasteiger partial charge in [0, 0.05) is 17.5 Å². The van der Waals surface area contributed by atoms with Gasteiger partial charge in [0.15, 0.2) is 0 Å². The summed E-state index contributed by atoms with van der Waals surface area (Å²) >= 11 is 2.23. The quantitative estimate of drug-likeness (QED) is 0.230. The van der Waals surface area contributed by atoms with Gasteiger partial charge in [0.05, 0.1) is 33.0 Å². The highest BCUT2D eigenvalue weighted by Gasteiger charge is 2.16. The molecule has 0 spiro atoms. The van der Waals surface area contributed by atoms with Crippen molar-refractivity contribution < 1.29 is 33.6 Å². The van der Waals surface area contributed by atoms with Crippen molar-refractivity contribution in [1.82, 2.24) is 10.6 Å². The summed E-state index contributed by atoms with van der Waals surface area (Å²) < 4.78 is 21.1. The molecule has 168 valence electrons. The lowest BCUT2D eigenvalue weighted by atomic mass is 10.2. The van der Waals surface area contributed by atoms with Crippen molar-refractivity contribution in [1.29, 1.82) is 0 Å². The van der Waals surface area contributed by atoms with E-state index >= 15 is 0 Å². The van der Waals surface area contributed by atoms with Crippen LogP contribution < -0.4 is 10.6 Å². The van der Waals surface area contributed by atoms with Crippen LogP contribution in [0.15, 0.2) is 0 Å². The molecule has 9 nitrogen and oxygen atoms in total. The number of halogens is 1. The fourth-order valence-corrected chi connectivity index (χ4v) is 1.71. The van der Waals surface area contributed by atoms with Crippen molar-refractivity contribution in [3.05, 3.63) is 0 Å². The molecule has 0 aromatic heterocycles. The van der Waals surface area contributed by atoms with Crippen LogP contribution in [0.2, 0.25) is 0 Å². The summed E-state index contributed by atoms with van der Waals surface area (Å²) in [4.78, 5) is 22.2. The van der Waals surface area contributed by atoms with Crippen LogP contribution in [-0.4, -0.2) is 79.0 Å². The standard InChI is InChI=1S/C9H18INO3.C9H19NO4/c1-9(2,3)14-8(12)11-5-7-13-6-4-10;1-9(2,3)14-8(12)10-4-6-13-7-5-11/h4-7H2,1-3H3,(H,11,12);11H,4-7H2,1-3H3,(H,10,12). The summed E-state index contributed by atoms with van der Waals surface area (Å²) in [5.74, 6) is 0. The van der Waals surface area contributed by atoms with E-state index in [1.807, 2.05) is 20.8 Å². The molecule has 0 aliphatic rings. The minimum atomic E-state index is -0.476. The number of carbonyl (C=O) groups is 2. The van der Waals surface area contributed by atoms with E-state index in [-0.39, 0.29) is 13.2 Å². The van der Waals surface area contributed by atoms with E-state index < -0.39 is 23.4 Å². The van der Waals surface area contributed by atoms with Crippen molar-refractivity contribution in [3.63, 3.8) is 0 Å². The summed E-state index contributed by atoms with van der Waals surface area (Å²) in [5, 5.41) is 13.5. The van der Waals surface area contributed by atoms with Gasteiger partial charge in [0.1, 0.15) is 11.2 Å². The zero-order valence-corrected chi connectivity index (χ0v) is 20.1. The van der Waals surface area contributed by atoms with Crippen molar-refractivity contribution in [3.8, 4) is 0 Å². The number of hydrogen-bond acceptors (Lipinski definition) is 7. The van der Waals surface area contributed by atoms with Crippen LogP contribution in [0.4, 0.5) is 9.59 Å². The zero-order valence-electron chi connectivity index (χ0n) is 17.9. The number of aliphatic hydroxyl groups is 1. The molecule has 0 rings (SSSR count). The molecule has 0 aromatic carbocycles. The first-order valence-electron chi connectivity index (χ1n) is 9.17. The molecule has 10 heteroatoms. The fraction of sp³-hybridized carbons (Fsp3) is 0.889.